The van der Waals surface area contributed by atoms with Gasteiger partial charge in [-0.3, -0.25) is 9.38 Å². The number of alkyl halides is 1. The maximum Gasteiger partial charge on any atom is 0.155 e. The van der Waals surface area contributed by atoms with Crippen molar-refractivity contribution in [2.24, 2.45) is 0 Å². The summed E-state index contributed by atoms with van der Waals surface area (Å²) in [5, 5.41) is 16.4. The molecular formula is C18H21FN6O. The van der Waals surface area contributed by atoms with E-state index in [1.54, 1.807) is 32.4 Å². The smallest absolute Gasteiger partial charge is 0.155 e. The van der Waals surface area contributed by atoms with E-state index in [0.29, 0.717) is 35.9 Å². The van der Waals surface area contributed by atoms with E-state index < -0.39 is 11.8 Å². The van der Waals surface area contributed by atoms with Gasteiger partial charge in [0.15, 0.2) is 5.65 Å². The Balaban J connectivity index is 1.70. The van der Waals surface area contributed by atoms with Crippen LogP contribution in [0.2, 0.25) is 0 Å². The number of fused-ring (bicyclic) bond motifs is 1. The molecule has 1 fully saturated rings. The molecule has 3 aromatic rings. The van der Waals surface area contributed by atoms with E-state index in [4.69, 9.17) is 0 Å². The molecule has 26 heavy (non-hydrogen) atoms. The zero-order valence-corrected chi connectivity index (χ0v) is 14.6. The second-order valence-electron chi connectivity index (χ2n) is 7.04. The summed E-state index contributed by atoms with van der Waals surface area (Å²) < 4.78 is 15.7. The summed E-state index contributed by atoms with van der Waals surface area (Å²) in [4.78, 5) is 13.2. The largest absolute Gasteiger partial charge is 0.384 e. The van der Waals surface area contributed by atoms with Crippen LogP contribution in [0.3, 0.4) is 0 Å². The predicted molar refractivity (Wildman–Crippen MR) is 96.6 cm³/mol. The minimum Gasteiger partial charge on any atom is -0.384 e. The highest BCUT2D eigenvalue weighted by molar-refractivity contribution is 5.61. The fourth-order valence-corrected chi connectivity index (χ4v) is 3.03. The van der Waals surface area contributed by atoms with Crippen molar-refractivity contribution in [1.29, 1.82) is 0 Å². The van der Waals surface area contributed by atoms with E-state index in [1.807, 2.05) is 22.6 Å². The lowest BCUT2D eigenvalue weighted by molar-refractivity contribution is 0.0734. The van der Waals surface area contributed by atoms with E-state index in [1.165, 1.54) is 0 Å². The number of aromatic nitrogens is 4. The Bertz CT molecular complexity index is 935. The summed E-state index contributed by atoms with van der Waals surface area (Å²) in [6, 6.07) is 5.28. The van der Waals surface area contributed by atoms with Crippen LogP contribution in [0.1, 0.15) is 19.5 Å². The lowest BCUT2D eigenvalue weighted by atomic mass is 10.1. The standard InChI is InChI=1S/C18H21FN6O/c1-18(2,26)15-10-25-14(8-22-17(25)9-21-15)12-4-3-5-16(23-12)24-13-7-20-6-11(13)19/h3-5,8-11,13,20,26H,6-7H2,1-2H3,(H,23,24)/t11-,13-/m0/s1. The molecule has 1 saturated heterocycles. The molecular weight excluding hydrogens is 335 g/mol. The molecule has 4 rings (SSSR count). The number of halogens is 1. The van der Waals surface area contributed by atoms with Crippen molar-refractivity contribution in [3.8, 4) is 11.4 Å². The van der Waals surface area contributed by atoms with Crippen LogP contribution in [0.5, 0.6) is 0 Å². The Morgan fingerprint density at radius 2 is 2.12 bits per heavy atom. The third kappa shape index (κ3) is 3.13. The van der Waals surface area contributed by atoms with Crippen molar-refractivity contribution in [3.05, 3.63) is 42.5 Å². The van der Waals surface area contributed by atoms with Gasteiger partial charge in [0.25, 0.3) is 0 Å². The lowest BCUT2D eigenvalue weighted by Gasteiger charge is -2.17. The van der Waals surface area contributed by atoms with E-state index in [9.17, 15) is 9.50 Å². The third-order valence-corrected chi connectivity index (χ3v) is 4.51. The molecule has 0 aromatic carbocycles. The highest BCUT2D eigenvalue weighted by atomic mass is 19.1. The molecule has 0 amide bonds. The molecule has 0 spiro atoms. The second-order valence-corrected chi connectivity index (χ2v) is 7.04. The van der Waals surface area contributed by atoms with Gasteiger partial charge in [-0.2, -0.15) is 0 Å². The number of aliphatic hydroxyl groups is 1. The normalized spacial score (nSPS) is 20.6. The van der Waals surface area contributed by atoms with Gasteiger partial charge in [0.2, 0.25) is 0 Å². The summed E-state index contributed by atoms with van der Waals surface area (Å²) in [6.45, 7) is 4.30. The molecule has 3 N–H and O–H groups in total. The molecule has 0 saturated carbocycles. The lowest BCUT2D eigenvalue weighted by Crippen LogP contribution is -2.29. The zero-order chi connectivity index (χ0) is 18.3. The molecule has 1 aliphatic rings. The van der Waals surface area contributed by atoms with Crippen molar-refractivity contribution < 1.29 is 9.50 Å². The van der Waals surface area contributed by atoms with Crippen LogP contribution in [-0.4, -0.2) is 49.8 Å². The predicted octanol–water partition coefficient (Wildman–Crippen LogP) is 1.74. The second kappa shape index (κ2) is 6.30. The van der Waals surface area contributed by atoms with Gasteiger partial charge < -0.3 is 15.7 Å². The molecule has 0 radical (unpaired) electrons. The maximum absolute atomic E-state index is 13.8. The zero-order valence-electron chi connectivity index (χ0n) is 14.6. The molecule has 3 aromatic heterocycles. The van der Waals surface area contributed by atoms with Gasteiger partial charge in [0.05, 0.1) is 35.5 Å². The Kier molecular flexibility index (Phi) is 4.08. The van der Waals surface area contributed by atoms with Gasteiger partial charge in [-0.15, -0.1) is 0 Å². The molecule has 0 unspecified atom stereocenters. The van der Waals surface area contributed by atoms with Crippen LogP contribution >= 0.6 is 0 Å². The van der Waals surface area contributed by atoms with Crippen LogP contribution in [0.4, 0.5) is 10.2 Å². The molecule has 4 heterocycles. The minimum absolute atomic E-state index is 0.286. The number of hydrogen-bond donors (Lipinski definition) is 3. The molecule has 8 heteroatoms. The molecule has 0 aliphatic carbocycles. The van der Waals surface area contributed by atoms with Gasteiger partial charge in [-0.1, -0.05) is 6.07 Å². The monoisotopic (exact) mass is 356 g/mol. The molecule has 136 valence electrons. The van der Waals surface area contributed by atoms with E-state index in [0.717, 1.165) is 5.69 Å². The average Bonchev–Trinajstić information content (AvgIpc) is 3.20. The van der Waals surface area contributed by atoms with Crippen LogP contribution in [0.15, 0.2) is 36.8 Å². The van der Waals surface area contributed by atoms with Gasteiger partial charge >= 0.3 is 0 Å². The third-order valence-electron chi connectivity index (χ3n) is 4.51. The van der Waals surface area contributed by atoms with Crippen molar-refractivity contribution in [3.63, 3.8) is 0 Å². The van der Waals surface area contributed by atoms with E-state index in [2.05, 4.69) is 25.6 Å². The van der Waals surface area contributed by atoms with Gasteiger partial charge in [0.1, 0.15) is 17.6 Å². The number of nitrogens with one attached hydrogen (secondary N) is 2. The molecule has 7 nitrogen and oxygen atoms in total. The number of nitrogens with zero attached hydrogens (tertiary/aromatic N) is 4. The van der Waals surface area contributed by atoms with E-state index >= 15 is 0 Å². The summed E-state index contributed by atoms with van der Waals surface area (Å²) in [5.41, 5.74) is 1.63. The Morgan fingerprint density at radius 3 is 2.85 bits per heavy atom. The topological polar surface area (TPSA) is 87.4 Å². The SMILES string of the molecule is CC(C)(O)c1cn2c(-c3cccc(N[C@H]4CNC[C@@H]4F)n3)cnc2cn1. The van der Waals surface area contributed by atoms with Crippen LogP contribution in [0, 0.1) is 0 Å². The first-order valence-electron chi connectivity index (χ1n) is 8.56. The van der Waals surface area contributed by atoms with Crippen molar-refractivity contribution in [1.82, 2.24) is 24.7 Å². The number of rotatable bonds is 4. The summed E-state index contributed by atoms with van der Waals surface area (Å²) in [7, 11) is 0. The van der Waals surface area contributed by atoms with Crippen LogP contribution in [-0.2, 0) is 5.60 Å². The fraction of sp³-hybridized carbons (Fsp3) is 0.389. The van der Waals surface area contributed by atoms with Gasteiger partial charge in [-0.05, 0) is 26.0 Å². The first-order valence-corrected chi connectivity index (χ1v) is 8.56. The van der Waals surface area contributed by atoms with Gasteiger partial charge in [0, 0.05) is 19.3 Å². The van der Waals surface area contributed by atoms with Crippen molar-refractivity contribution in [2.75, 3.05) is 18.4 Å². The number of anilines is 1. The quantitative estimate of drug-likeness (QED) is 0.660. The highest BCUT2D eigenvalue weighted by Crippen LogP contribution is 2.24. The Hall–Kier alpha value is -2.58. The molecule has 1 aliphatic heterocycles. The highest BCUT2D eigenvalue weighted by Gasteiger charge is 2.26. The van der Waals surface area contributed by atoms with Crippen molar-refractivity contribution >= 4 is 11.5 Å². The summed E-state index contributed by atoms with van der Waals surface area (Å²) in [6.07, 6.45) is 4.16. The van der Waals surface area contributed by atoms with Gasteiger partial charge in [-0.25, -0.2) is 14.4 Å². The number of pyridine rings is 1. The Labute approximate surface area is 150 Å². The fourth-order valence-electron chi connectivity index (χ4n) is 3.03. The number of hydrogen-bond acceptors (Lipinski definition) is 6. The van der Waals surface area contributed by atoms with Crippen LogP contribution < -0.4 is 10.6 Å². The first kappa shape index (κ1) is 16.9. The average molecular weight is 356 g/mol. The van der Waals surface area contributed by atoms with E-state index in [-0.39, 0.29) is 6.04 Å². The van der Waals surface area contributed by atoms with Crippen molar-refractivity contribution in [2.45, 2.75) is 31.7 Å². The number of imidazole rings is 1. The summed E-state index contributed by atoms with van der Waals surface area (Å²) >= 11 is 0. The molecule has 0 bridgehead atoms. The Morgan fingerprint density at radius 1 is 1.27 bits per heavy atom. The molecule has 2 atom stereocenters. The van der Waals surface area contributed by atoms with Crippen LogP contribution in [0.25, 0.3) is 17.0 Å². The summed E-state index contributed by atoms with van der Waals surface area (Å²) in [5.74, 6) is 0.616. The first-order chi connectivity index (χ1) is 12.4. The maximum atomic E-state index is 13.8. The minimum atomic E-state index is -1.06.